The van der Waals surface area contributed by atoms with Crippen molar-refractivity contribution in [2.75, 3.05) is 13.7 Å². The molecule has 22 heavy (non-hydrogen) atoms. The molecule has 2 heterocycles. The van der Waals surface area contributed by atoms with Gasteiger partial charge in [-0.05, 0) is 29.3 Å². The highest BCUT2D eigenvalue weighted by molar-refractivity contribution is 5.90. The number of rotatable bonds is 4. The van der Waals surface area contributed by atoms with Crippen LogP contribution in [0.2, 0.25) is 0 Å². The molecule has 0 bridgehead atoms. The first kappa shape index (κ1) is 14.2. The van der Waals surface area contributed by atoms with Gasteiger partial charge < -0.3 is 19.6 Å². The first-order valence-corrected chi connectivity index (χ1v) is 6.84. The molecule has 6 nitrogen and oxygen atoms in total. The summed E-state index contributed by atoms with van der Waals surface area (Å²) in [6, 6.07) is 6.93. The number of hydrogen-bond acceptors (Lipinski definition) is 5. The molecule has 0 spiro atoms. The number of primary amides is 1. The highest BCUT2D eigenvalue weighted by Crippen LogP contribution is 2.38. The zero-order valence-corrected chi connectivity index (χ0v) is 12.0. The molecule has 1 aliphatic rings. The Morgan fingerprint density at radius 3 is 2.82 bits per heavy atom. The Labute approximate surface area is 126 Å². The molecular formula is C16H15NO5. The van der Waals surface area contributed by atoms with Gasteiger partial charge in [0.1, 0.15) is 11.5 Å². The predicted molar refractivity (Wildman–Crippen MR) is 77.6 cm³/mol. The quantitative estimate of drug-likeness (QED) is 0.868. The van der Waals surface area contributed by atoms with Crippen molar-refractivity contribution >= 4 is 11.9 Å². The number of amides is 1. The van der Waals surface area contributed by atoms with Gasteiger partial charge in [0.25, 0.3) is 5.91 Å². The van der Waals surface area contributed by atoms with Crippen molar-refractivity contribution in [2.45, 2.75) is 12.8 Å². The van der Waals surface area contributed by atoms with Crippen molar-refractivity contribution < 1.29 is 23.5 Å². The average Bonchev–Trinajstić information content (AvgIpc) is 3.15. The minimum Gasteiger partial charge on any atom is -0.492 e. The van der Waals surface area contributed by atoms with Crippen LogP contribution in [0.4, 0.5) is 0 Å². The number of nitrogens with two attached hydrogens (primary N) is 1. The second kappa shape index (κ2) is 5.55. The molecular weight excluding hydrogens is 286 g/mol. The van der Waals surface area contributed by atoms with Gasteiger partial charge in [0.05, 0.1) is 25.7 Å². The highest BCUT2D eigenvalue weighted by Gasteiger charge is 2.22. The molecule has 2 aromatic rings. The third-order valence-corrected chi connectivity index (χ3v) is 3.53. The van der Waals surface area contributed by atoms with Crippen molar-refractivity contribution in [1.29, 1.82) is 0 Å². The summed E-state index contributed by atoms with van der Waals surface area (Å²) in [5.74, 6) is 0.342. The fourth-order valence-corrected chi connectivity index (χ4v) is 2.51. The number of benzene rings is 1. The lowest BCUT2D eigenvalue weighted by Crippen LogP contribution is -2.09. The number of hydrogen-bond donors (Lipinski definition) is 1. The van der Waals surface area contributed by atoms with Gasteiger partial charge in [-0.15, -0.1) is 0 Å². The third kappa shape index (κ3) is 2.55. The minimum atomic E-state index is -0.630. The van der Waals surface area contributed by atoms with E-state index in [4.69, 9.17) is 19.6 Å². The van der Waals surface area contributed by atoms with E-state index in [1.165, 1.54) is 13.2 Å². The number of ether oxygens (including phenoxy) is 2. The molecule has 0 fully saturated rings. The molecule has 0 radical (unpaired) electrons. The molecule has 0 unspecified atom stereocenters. The van der Waals surface area contributed by atoms with Crippen LogP contribution in [0, 0.1) is 0 Å². The van der Waals surface area contributed by atoms with Crippen LogP contribution in [-0.2, 0) is 22.4 Å². The van der Waals surface area contributed by atoms with Gasteiger partial charge in [0.15, 0.2) is 5.76 Å². The van der Waals surface area contributed by atoms with Gasteiger partial charge in [-0.3, -0.25) is 9.59 Å². The summed E-state index contributed by atoms with van der Waals surface area (Å²) in [4.78, 5) is 22.7. The molecule has 1 aromatic heterocycles. The normalized spacial score (nSPS) is 12.6. The van der Waals surface area contributed by atoms with E-state index < -0.39 is 5.91 Å². The lowest BCUT2D eigenvalue weighted by Gasteiger charge is -2.09. The summed E-state index contributed by atoms with van der Waals surface area (Å²) in [5, 5.41) is 0. The summed E-state index contributed by atoms with van der Waals surface area (Å²) in [6.07, 6.45) is 0.931. The van der Waals surface area contributed by atoms with Crippen LogP contribution in [0.25, 0.3) is 11.3 Å². The van der Waals surface area contributed by atoms with Crippen LogP contribution in [0.5, 0.6) is 5.75 Å². The first-order chi connectivity index (χ1) is 10.6. The lowest BCUT2D eigenvalue weighted by atomic mass is 10.00. The number of carbonyl (C=O) groups is 2. The van der Waals surface area contributed by atoms with Crippen LogP contribution < -0.4 is 10.5 Å². The summed E-state index contributed by atoms with van der Waals surface area (Å²) in [5.41, 5.74) is 7.73. The Balaban J connectivity index is 2.05. The fourth-order valence-electron chi connectivity index (χ4n) is 2.51. The van der Waals surface area contributed by atoms with E-state index in [-0.39, 0.29) is 18.2 Å². The number of fused-ring (bicyclic) bond motifs is 1. The molecule has 0 saturated carbocycles. The Morgan fingerprint density at radius 2 is 2.14 bits per heavy atom. The summed E-state index contributed by atoms with van der Waals surface area (Å²) in [7, 11) is 1.35. The van der Waals surface area contributed by atoms with Crippen LogP contribution in [0.3, 0.4) is 0 Å². The highest BCUT2D eigenvalue weighted by atomic mass is 16.5. The van der Waals surface area contributed by atoms with E-state index in [9.17, 15) is 9.59 Å². The van der Waals surface area contributed by atoms with Crippen LogP contribution in [0.15, 0.2) is 28.7 Å². The van der Waals surface area contributed by atoms with Gasteiger partial charge >= 0.3 is 5.97 Å². The van der Waals surface area contributed by atoms with E-state index in [0.29, 0.717) is 17.9 Å². The van der Waals surface area contributed by atoms with Gasteiger partial charge in [0, 0.05) is 6.42 Å². The van der Waals surface area contributed by atoms with Gasteiger partial charge in [-0.1, -0.05) is 6.07 Å². The Morgan fingerprint density at radius 1 is 1.32 bits per heavy atom. The standard InChI is InChI=1S/C16H15NO5/c1-20-14(18)8-9-6-10-4-5-21-15(10)11(7-9)12-2-3-13(22-12)16(17)19/h2-3,6-7H,4-5,8H2,1H3,(H2,17,19). The molecule has 0 aliphatic carbocycles. The van der Waals surface area contributed by atoms with Crippen molar-refractivity contribution in [3.63, 3.8) is 0 Å². The summed E-state index contributed by atoms with van der Waals surface area (Å²) < 4.78 is 15.8. The molecule has 114 valence electrons. The van der Waals surface area contributed by atoms with Crippen LogP contribution in [0.1, 0.15) is 21.7 Å². The maximum atomic E-state index is 11.5. The second-order valence-corrected chi connectivity index (χ2v) is 5.01. The maximum absolute atomic E-state index is 11.5. The van der Waals surface area contributed by atoms with Gasteiger partial charge in [-0.2, -0.15) is 0 Å². The maximum Gasteiger partial charge on any atom is 0.309 e. The monoisotopic (exact) mass is 301 g/mol. The first-order valence-electron chi connectivity index (χ1n) is 6.84. The van der Waals surface area contributed by atoms with E-state index in [2.05, 4.69) is 0 Å². The van der Waals surface area contributed by atoms with Gasteiger partial charge in [-0.25, -0.2) is 0 Å². The zero-order valence-electron chi connectivity index (χ0n) is 12.0. The van der Waals surface area contributed by atoms with Crippen LogP contribution >= 0.6 is 0 Å². The fraction of sp³-hybridized carbons (Fsp3) is 0.250. The SMILES string of the molecule is COC(=O)Cc1cc2c(c(-c3ccc(C(N)=O)o3)c1)OCC2. The molecule has 1 amide bonds. The van der Waals surface area contributed by atoms with Crippen molar-refractivity contribution in [1.82, 2.24) is 0 Å². The molecule has 3 rings (SSSR count). The minimum absolute atomic E-state index is 0.0834. The molecule has 1 aromatic carbocycles. The Bertz CT molecular complexity index is 747. The second-order valence-electron chi connectivity index (χ2n) is 5.01. The van der Waals surface area contributed by atoms with E-state index in [1.807, 2.05) is 12.1 Å². The smallest absolute Gasteiger partial charge is 0.309 e. The molecule has 6 heteroatoms. The van der Waals surface area contributed by atoms with E-state index in [0.717, 1.165) is 23.3 Å². The zero-order chi connectivity index (χ0) is 15.7. The van der Waals surface area contributed by atoms with E-state index in [1.54, 1.807) is 6.07 Å². The molecule has 0 saturated heterocycles. The number of furan rings is 1. The Hall–Kier alpha value is -2.76. The average molecular weight is 301 g/mol. The van der Waals surface area contributed by atoms with E-state index >= 15 is 0 Å². The number of methoxy groups -OCH3 is 1. The van der Waals surface area contributed by atoms with Crippen molar-refractivity contribution in [2.24, 2.45) is 5.73 Å². The number of esters is 1. The largest absolute Gasteiger partial charge is 0.492 e. The topological polar surface area (TPSA) is 91.8 Å². The van der Waals surface area contributed by atoms with Crippen molar-refractivity contribution in [3.8, 4) is 17.1 Å². The summed E-state index contributed by atoms with van der Waals surface area (Å²) in [6.45, 7) is 0.577. The lowest BCUT2D eigenvalue weighted by molar-refractivity contribution is -0.139. The van der Waals surface area contributed by atoms with Crippen LogP contribution in [-0.4, -0.2) is 25.6 Å². The Kier molecular flexibility index (Phi) is 3.58. The molecule has 2 N–H and O–H groups in total. The third-order valence-electron chi connectivity index (χ3n) is 3.53. The molecule has 1 aliphatic heterocycles. The molecule has 0 atom stereocenters. The number of carbonyl (C=O) groups excluding carboxylic acids is 2. The van der Waals surface area contributed by atoms with Gasteiger partial charge in [0.2, 0.25) is 0 Å². The summed E-state index contributed by atoms with van der Waals surface area (Å²) >= 11 is 0. The van der Waals surface area contributed by atoms with Crippen molar-refractivity contribution in [3.05, 3.63) is 41.2 Å². The predicted octanol–water partition coefficient (Wildman–Crippen LogP) is 1.70.